The Labute approximate surface area is 49.7 Å². The third kappa shape index (κ3) is 3.09. The summed E-state index contributed by atoms with van der Waals surface area (Å²) in [5.41, 5.74) is 0. The van der Waals surface area contributed by atoms with E-state index in [2.05, 4.69) is 18.1 Å². The lowest BCUT2D eigenvalue weighted by atomic mass is 10.5. The Hall–Kier alpha value is -1.11. The molecule has 0 N–H and O–H groups in total. The van der Waals surface area contributed by atoms with Crippen LogP contribution in [0.1, 0.15) is 0 Å². The summed E-state index contributed by atoms with van der Waals surface area (Å²) in [5.74, 6) is 0. The molecule has 0 radical (unpaired) electrons. The van der Waals surface area contributed by atoms with Gasteiger partial charge in [-0.2, -0.15) is 0 Å². The fourth-order valence-corrected chi connectivity index (χ4v) is 0.313. The summed E-state index contributed by atoms with van der Waals surface area (Å²) < 4.78 is 0. The van der Waals surface area contributed by atoms with Crippen LogP contribution < -0.4 is 0 Å². The van der Waals surface area contributed by atoms with Crippen molar-refractivity contribution < 1.29 is 0 Å². The van der Waals surface area contributed by atoms with Crippen molar-refractivity contribution in [1.29, 1.82) is 0 Å². The first-order chi connectivity index (χ1) is 4.00. The van der Waals surface area contributed by atoms with Crippen molar-refractivity contribution in [3.63, 3.8) is 0 Å². The van der Waals surface area contributed by atoms with Crippen molar-refractivity contribution in [2.24, 2.45) is 0 Å². The normalized spacial score (nSPS) is 6.50. The van der Waals surface area contributed by atoms with Gasteiger partial charge in [0, 0.05) is 12.4 Å². The summed E-state index contributed by atoms with van der Waals surface area (Å²) in [7, 11) is 0. The fraction of sp³-hybridized carbons (Fsp3) is 0. The molecule has 0 fully saturated rings. The molecule has 1 aromatic heterocycles. The maximum absolute atomic E-state index is 3.78. The monoisotopic (exact) mass is 107 g/mol. The van der Waals surface area contributed by atoms with Gasteiger partial charge in [0.05, 0.1) is 0 Å². The number of aromatic nitrogens is 1. The second-order valence-corrected chi connectivity index (χ2v) is 1.02. The summed E-state index contributed by atoms with van der Waals surface area (Å²) in [6.07, 6.45) is 3.50. The molecular weight excluding hydrogens is 98.1 g/mol. The summed E-state index contributed by atoms with van der Waals surface area (Å²) in [6, 6.07) is 5.72. The van der Waals surface area contributed by atoms with E-state index in [-0.39, 0.29) is 0 Å². The largest absolute Gasteiger partial charge is 0.265 e. The highest BCUT2D eigenvalue weighted by molar-refractivity contribution is 4.88. The molecule has 0 atom stereocenters. The molecule has 0 unspecified atom stereocenters. The molecular formula is C7H9N. The van der Waals surface area contributed by atoms with Crippen LogP contribution in [0.15, 0.2) is 43.8 Å². The minimum Gasteiger partial charge on any atom is -0.265 e. The van der Waals surface area contributed by atoms with Gasteiger partial charge in [-0.3, -0.25) is 4.98 Å². The van der Waals surface area contributed by atoms with Crippen LogP contribution in [0, 0.1) is 0 Å². The number of pyridine rings is 1. The van der Waals surface area contributed by atoms with Gasteiger partial charge >= 0.3 is 0 Å². The maximum atomic E-state index is 3.78. The zero-order chi connectivity index (χ0) is 6.24. The van der Waals surface area contributed by atoms with Crippen LogP contribution in [-0.4, -0.2) is 4.98 Å². The molecule has 1 aromatic rings. The van der Waals surface area contributed by atoms with Gasteiger partial charge in [-0.15, -0.1) is 13.2 Å². The molecule has 1 nitrogen and oxygen atoms in total. The van der Waals surface area contributed by atoms with Crippen molar-refractivity contribution in [3.05, 3.63) is 43.8 Å². The van der Waals surface area contributed by atoms with Crippen LogP contribution >= 0.6 is 0 Å². The molecule has 1 heterocycles. The van der Waals surface area contributed by atoms with Gasteiger partial charge in [0.15, 0.2) is 0 Å². The summed E-state index contributed by atoms with van der Waals surface area (Å²) in [6.45, 7) is 6.00. The van der Waals surface area contributed by atoms with E-state index >= 15 is 0 Å². The number of hydrogen-bond donors (Lipinski definition) is 0. The van der Waals surface area contributed by atoms with Crippen LogP contribution in [-0.2, 0) is 0 Å². The second-order valence-electron chi connectivity index (χ2n) is 1.02. The van der Waals surface area contributed by atoms with Crippen LogP contribution in [0.2, 0.25) is 0 Å². The molecule has 0 spiro atoms. The summed E-state index contributed by atoms with van der Waals surface area (Å²) in [5, 5.41) is 0. The first kappa shape index (κ1) is 6.89. The molecule has 0 bridgehead atoms. The molecule has 1 heteroatoms. The quantitative estimate of drug-likeness (QED) is 0.461. The molecule has 0 aromatic carbocycles. The Balaban J connectivity index is 0.000000222. The average Bonchev–Trinajstić information content (AvgIpc) is 1.96. The van der Waals surface area contributed by atoms with Gasteiger partial charge < -0.3 is 0 Å². The van der Waals surface area contributed by atoms with Gasteiger partial charge in [0.1, 0.15) is 0 Å². The molecule has 0 saturated heterocycles. The maximum Gasteiger partial charge on any atom is 0.0267 e. The highest BCUT2D eigenvalue weighted by Crippen LogP contribution is 1.73. The van der Waals surface area contributed by atoms with Gasteiger partial charge in [-0.05, 0) is 12.1 Å². The van der Waals surface area contributed by atoms with E-state index in [1.807, 2.05) is 18.2 Å². The third-order valence-corrected chi connectivity index (χ3v) is 0.566. The SMILES string of the molecule is C=C.c1ccncc1. The van der Waals surface area contributed by atoms with Crippen LogP contribution in [0.4, 0.5) is 0 Å². The lowest BCUT2D eigenvalue weighted by molar-refractivity contribution is 1.33. The molecule has 0 aliphatic rings. The van der Waals surface area contributed by atoms with E-state index in [0.29, 0.717) is 0 Å². The van der Waals surface area contributed by atoms with E-state index in [1.54, 1.807) is 12.4 Å². The zero-order valence-corrected chi connectivity index (χ0v) is 4.75. The van der Waals surface area contributed by atoms with E-state index in [1.165, 1.54) is 0 Å². The van der Waals surface area contributed by atoms with Gasteiger partial charge in [-0.1, -0.05) is 6.07 Å². The highest BCUT2D eigenvalue weighted by Gasteiger charge is 1.58. The van der Waals surface area contributed by atoms with E-state index in [4.69, 9.17) is 0 Å². The van der Waals surface area contributed by atoms with Gasteiger partial charge in [-0.25, -0.2) is 0 Å². The second kappa shape index (κ2) is 5.89. The molecule has 1 rings (SSSR count). The zero-order valence-electron chi connectivity index (χ0n) is 4.75. The Kier molecular flexibility index (Phi) is 5.07. The third-order valence-electron chi connectivity index (χ3n) is 0.566. The summed E-state index contributed by atoms with van der Waals surface area (Å²) in [4.78, 5) is 3.78. The standard InChI is InChI=1S/C5H5N.C2H4/c1-2-4-6-5-3-1;1-2/h1-5H;1-2H2. The number of nitrogens with zero attached hydrogens (tertiary/aromatic N) is 1. The van der Waals surface area contributed by atoms with Crippen molar-refractivity contribution in [3.8, 4) is 0 Å². The molecule has 42 valence electrons. The Morgan fingerprint density at radius 1 is 0.875 bits per heavy atom. The first-order valence-corrected chi connectivity index (χ1v) is 2.35. The molecule has 0 aliphatic carbocycles. The Morgan fingerprint density at radius 2 is 1.38 bits per heavy atom. The summed E-state index contributed by atoms with van der Waals surface area (Å²) >= 11 is 0. The smallest absolute Gasteiger partial charge is 0.0267 e. The average molecular weight is 107 g/mol. The number of hydrogen-bond acceptors (Lipinski definition) is 1. The van der Waals surface area contributed by atoms with Crippen molar-refractivity contribution in [2.75, 3.05) is 0 Å². The van der Waals surface area contributed by atoms with E-state index in [0.717, 1.165) is 0 Å². The van der Waals surface area contributed by atoms with E-state index in [9.17, 15) is 0 Å². The van der Waals surface area contributed by atoms with Gasteiger partial charge in [0.2, 0.25) is 0 Å². The molecule has 0 amide bonds. The lowest BCUT2D eigenvalue weighted by Crippen LogP contribution is -1.58. The minimum atomic E-state index is 1.75. The predicted molar refractivity (Wildman–Crippen MR) is 35.5 cm³/mol. The highest BCUT2D eigenvalue weighted by atomic mass is 14.6. The Bertz CT molecular complexity index is 87.2. The van der Waals surface area contributed by atoms with Crippen molar-refractivity contribution in [1.82, 2.24) is 4.98 Å². The van der Waals surface area contributed by atoms with E-state index < -0.39 is 0 Å². The minimum absolute atomic E-state index is 1.75. The Morgan fingerprint density at radius 3 is 1.50 bits per heavy atom. The van der Waals surface area contributed by atoms with Crippen LogP contribution in [0.25, 0.3) is 0 Å². The number of rotatable bonds is 0. The fourth-order valence-electron chi connectivity index (χ4n) is 0.313. The van der Waals surface area contributed by atoms with Crippen molar-refractivity contribution in [2.45, 2.75) is 0 Å². The first-order valence-electron chi connectivity index (χ1n) is 2.35. The molecule has 8 heavy (non-hydrogen) atoms. The van der Waals surface area contributed by atoms with Gasteiger partial charge in [0.25, 0.3) is 0 Å². The lowest BCUT2D eigenvalue weighted by Gasteiger charge is -1.70. The van der Waals surface area contributed by atoms with Crippen molar-refractivity contribution >= 4 is 0 Å². The van der Waals surface area contributed by atoms with Crippen LogP contribution in [0.5, 0.6) is 0 Å². The molecule has 0 saturated carbocycles. The predicted octanol–water partition coefficient (Wildman–Crippen LogP) is 1.88. The van der Waals surface area contributed by atoms with Crippen LogP contribution in [0.3, 0.4) is 0 Å². The topological polar surface area (TPSA) is 12.9 Å². The molecule has 0 aliphatic heterocycles.